The Hall–Kier alpha value is -1.67. The number of carbonyl (C=O) groups excluding carboxylic acids is 1. The molecule has 0 saturated heterocycles. The number of thiol groups is 1. The molecule has 0 aliphatic carbocycles. The Morgan fingerprint density at radius 2 is 1.92 bits per heavy atom. The molecule has 0 fully saturated rings. The third-order valence-electron chi connectivity index (χ3n) is 3.54. The number of fused-ring (bicyclic) bond motifs is 1. The predicted octanol–water partition coefficient (Wildman–Crippen LogP) is 3.76. The van der Waals surface area contributed by atoms with Crippen LogP contribution >= 0.6 is 24.0 Å². The Labute approximate surface area is 150 Å². The second-order valence-electron chi connectivity index (χ2n) is 5.80. The van der Waals surface area contributed by atoms with E-state index in [2.05, 4.69) is 22.6 Å². The summed E-state index contributed by atoms with van der Waals surface area (Å²) in [5.74, 6) is -0.177. The summed E-state index contributed by atoms with van der Waals surface area (Å²) in [7, 11) is 0. The minimum atomic E-state index is -0.796. The molecule has 0 radical (unpaired) electrons. The summed E-state index contributed by atoms with van der Waals surface area (Å²) in [5.41, 5.74) is 0.776. The molecule has 8 heteroatoms. The number of hydrogen-bond donors (Lipinski definition) is 2. The summed E-state index contributed by atoms with van der Waals surface area (Å²) in [5, 5.41) is 8.63. The van der Waals surface area contributed by atoms with Crippen molar-refractivity contribution < 1.29 is 14.7 Å². The maximum absolute atomic E-state index is 12.6. The van der Waals surface area contributed by atoms with Gasteiger partial charge in [-0.2, -0.15) is 0 Å². The lowest BCUT2D eigenvalue weighted by Gasteiger charge is -2.25. The first-order valence-corrected chi connectivity index (χ1v) is 9.15. The molecule has 2 heterocycles. The van der Waals surface area contributed by atoms with E-state index in [9.17, 15) is 9.59 Å². The van der Waals surface area contributed by atoms with Crippen LogP contribution in [-0.4, -0.2) is 33.0 Å². The van der Waals surface area contributed by atoms with E-state index in [1.165, 1.54) is 11.3 Å². The zero-order valence-corrected chi connectivity index (χ0v) is 15.4. The molecule has 0 bridgehead atoms. The third kappa shape index (κ3) is 4.91. The summed E-state index contributed by atoms with van der Waals surface area (Å²) in [4.78, 5) is 34.3. The number of nitrogens with zero attached hydrogens (tertiary/aromatic N) is 3. The van der Waals surface area contributed by atoms with Gasteiger partial charge in [0.25, 0.3) is 0 Å². The van der Waals surface area contributed by atoms with Gasteiger partial charge in [-0.05, 0) is 38.8 Å². The summed E-state index contributed by atoms with van der Waals surface area (Å²) in [6.45, 7) is 3.90. The Balaban J connectivity index is 2.04. The number of anilines is 1. The summed E-state index contributed by atoms with van der Waals surface area (Å²) in [6.07, 6.45) is 2.54. The number of unbranched alkanes of at least 4 members (excludes halogenated alkanes) is 2. The van der Waals surface area contributed by atoms with Gasteiger partial charge in [0, 0.05) is 18.9 Å². The SMILES string of the molecule is CC(C)N(C(=O)CCCCCC(=O)O)c1ccc2nc(S)sc2n1. The van der Waals surface area contributed by atoms with Gasteiger partial charge in [-0.25, -0.2) is 9.97 Å². The Morgan fingerprint density at radius 1 is 1.21 bits per heavy atom. The predicted molar refractivity (Wildman–Crippen MR) is 98.0 cm³/mol. The van der Waals surface area contributed by atoms with Crippen LogP contribution < -0.4 is 4.90 Å². The normalized spacial score (nSPS) is 11.2. The van der Waals surface area contributed by atoms with Crippen LogP contribution in [-0.2, 0) is 9.59 Å². The molecular weight excluding hydrogens is 346 g/mol. The van der Waals surface area contributed by atoms with E-state index in [-0.39, 0.29) is 18.4 Å². The molecule has 0 aliphatic rings. The minimum absolute atomic E-state index is 0.00258. The molecule has 0 aliphatic heterocycles. The van der Waals surface area contributed by atoms with Crippen LogP contribution in [0.15, 0.2) is 16.5 Å². The number of rotatable bonds is 8. The van der Waals surface area contributed by atoms with E-state index in [0.29, 0.717) is 29.4 Å². The Bertz CT molecular complexity index is 730. The molecule has 130 valence electrons. The fraction of sp³-hybridized carbons (Fsp3) is 0.500. The molecule has 0 saturated carbocycles. The highest BCUT2D eigenvalue weighted by atomic mass is 32.2. The van der Waals surface area contributed by atoms with E-state index in [1.54, 1.807) is 11.0 Å². The third-order valence-corrected chi connectivity index (χ3v) is 4.68. The smallest absolute Gasteiger partial charge is 0.303 e. The number of carbonyl (C=O) groups is 2. The largest absolute Gasteiger partial charge is 0.481 e. The minimum Gasteiger partial charge on any atom is -0.481 e. The first-order chi connectivity index (χ1) is 11.4. The first kappa shape index (κ1) is 18.7. The topological polar surface area (TPSA) is 83.4 Å². The molecule has 0 aromatic carbocycles. The number of pyridine rings is 1. The van der Waals surface area contributed by atoms with Crippen molar-refractivity contribution in [1.29, 1.82) is 0 Å². The second-order valence-corrected chi connectivity index (χ2v) is 7.51. The number of carboxylic acids is 1. The molecule has 1 amide bonds. The van der Waals surface area contributed by atoms with Crippen molar-refractivity contribution in [3.63, 3.8) is 0 Å². The van der Waals surface area contributed by atoms with E-state index in [4.69, 9.17) is 5.11 Å². The van der Waals surface area contributed by atoms with Crippen LogP contribution in [0.25, 0.3) is 10.3 Å². The zero-order valence-electron chi connectivity index (χ0n) is 13.7. The molecule has 0 unspecified atom stereocenters. The summed E-state index contributed by atoms with van der Waals surface area (Å²) in [6, 6.07) is 3.64. The van der Waals surface area contributed by atoms with E-state index in [0.717, 1.165) is 16.8 Å². The highest BCUT2D eigenvalue weighted by Gasteiger charge is 2.20. The Morgan fingerprint density at radius 3 is 2.58 bits per heavy atom. The van der Waals surface area contributed by atoms with Crippen LogP contribution in [0, 0.1) is 0 Å². The van der Waals surface area contributed by atoms with Gasteiger partial charge in [0.05, 0.1) is 0 Å². The van der Waals surface area contributed by atoms with Gasteiger partial charge < -0.3 is 5.11 Å². The number of hydrogen-bond acceptors (Lipinski definition) is 6. The lowest BCUT2D eigenvalue weighted by atomic mass is 10.1. The van der Waals surface area contributed by atoms with E-state index < -0.39 is 5.97 Å². The number of aliphatic carboxylic acids is 1. The van der Waals surface area contributed by atoms with Gasteiger partial charge in [0.15, 0.2) is 0 Å². The lowest BCUT2D eigenvalue weighted by molar-refractivity contribution is -0.137. The van der Waals surface area contributed by atoms with Crippen molar-refractivity contribution in [3.05, 3.63) is 12.1 Å². The first-order valence-electron chi connectivity index (χ1n) is 7.89. The van der Waals surface area contributed by atoms with Gasteiger partial charge in [0.2, 0.25) is 5.91 Å². The summed E-state index contributed by atoms with van der Waals surface area (Å²) >= 11 is 5.62. The van der Waals surface area contributed by atoms with Crippen molar-refractivity contribution in [1.82, 2.24) is 9.97 Å². The van der Waals surface area contributed by atoms with E-state index in [1.807, 2.05) is 19.9 Å². The van der Waals surface area contributed by atoms with Crippen LogP contribution in [0.1, 0.15) is 46.0 Å². The highest BCUT2D eigenvalue weighted by Crippen LogP contribution is 2.26. The van der Waals surface area contributed by atoms with Crippen molar-refractivity contribution in [3.8, 4) is 0 Å². The van der Waals surface area contributed by atoms with Gasteiger partial charge in [0.1, 0.15) is 20.5 Å². The molecule has 24 heavy (non-hydrogen) atoms. The molecular formula is C16H21N3O3S2. The standard InChI is InChI=1S/C16H21N3O3S2/c1-10(2)19(13(20)6-4-3-5-7-14(21)22)12-9-8-11-15(18-12)24-16(23)17-11/h8-10H,3-7H2,1-2H3,(H,17,23)(H,21,22). The number of carboxylic acid groups (broad SMARTS) is 1. The molecule has 6 nitrogen and oxygen atoms in total. The van der Waals surface area contributed by atoms with Crippen LogP contribution in [0.5, 0.6) is 0 Å². The molecule has 1 N–H and O–H groups in total. The molecule has 2 aromatic rings. The second kappa shape index (κ2) is 8.43. The maximum atomic E-state index is 12.6. The van der Waals surface area contributed by atoms with Crippen molar-refractivity contribution in [2.45, 2.75) is 56.3 Å². The van der Waals surface area contributed by atoms with Crippen molar-refractivity contribution >= 4 is 52.0 Å². The van der Waals surface area contributed by atoms with Gasteiger partial charge >= 0.3 is 5.97 Å². The summed E-state index contributed by atoms with van der Waals surface area (Å²) < 4.78 is 0.649. The van der Waals surface area contributed by atoms with Crippen molar-refractivity contribution in [2.75, 3.05) is 4.90 Å². The fourth-order valence-electron chi connectivity index (χ4n) is 2.46. The maximum Gasteiger partial charge on any atom is 0.303 e. The number of amides is 1. The van der Waals surface area contributed by atoms with Gasteiger partial charge in [-0.1, -0.05) is 17.8 Å². The average molecular weight is 367 g/mol. The molecule has 0 atom stereocenters. The van der Waals surface area contributed by atoms with Gasteiger partial charge in [-0.3, -0.25) is 14.5 Å². The Kier molecular flexibility index (Phi) is 6.56. The quantitative estimate of drug-likeness (QED) is 0.548. The van der Waals surface area contributed by atoms with Crippen molar-refractivity contribution in [2.24, 2.45) is 0 Å². The molecule has 2 aromatic heterocycles. The average Bonchev–Trinajstić information content (AvgIpc) is 2.85. The van der Waals surface area contributed by atoms with Crippen LogP contribution in [0.2, 0.25) is 0 Å². The number of aromatic nitrogens is 2. The number of thiazole rings is 1. The molecule has 0 spiro atoms. The monoisotopic (exact) mass is 367 g/mol. The van der Waals surface area contributed by atoms with Gasteiger partial charge in [-0.15, -0.1) is 12.6 Å². The van der Waals surface area contributed by atoms with Crippen LogP contribution in [0.4, 0.5) is 5.82 Å². The molecule has 2 rings (SSSR count). The fourth-order valence-corrected chi connectivity index (χ4v) is 3.50. The lowest BCUT2D eigenvalue weighted by Crippen LogP contribution is -2.37. The van der Waals surface area contributed by atoms with E-state index >= 15 is 0 Å². The highest BCUT2D eigenvalue weighted by molar-refractivity contribution is 7.82. The zero-order chi connectivity index (χ0) is 17.7. The van der Waals surface area contributed by atoms with Crippen LogP contribution in [0.3, 0.4) is 0 Å².